The van der Waals surface area contributed by atoms with Gasteiger partial charge in [-0.3, -0.25) is 10.1 Å². The molecule has 0 radical (unpaired) electrons. The van der Waals surface area contributed by atoms with Crippen molar-refractivity contribution in [3.63, 3.8) is 0 Å². The van der Waals surface area contributed by atoms with Crippen LogP contribution in [0.25, 0.3) is 22.5 Å². The Kier molecular flexibility index (Phi) is 7.21. The van der Waals surface area contributed by atoms with Crippen LogP contribution in [0.15, 0.2) is 99.0 Å². The van der Waals surface area contributed by atoms with Gasteiger partial charge in [0.1, 0.15) is 17.4 Å². The zero-order chi connectivity index (χ0) is 23.9. The maximum Gasteiger partial charge on any atom is 0.267 e. The normalized spacial score (nSPS) is 11.0. The first-order chi connectivity index (χ1) is 16.6. The van der Waals surface area contributed by atoms with Gasteiger partial charge in [-0.2, -0.15) is 5.26 Å². The first-order valence-corrected chi connectivity index (χ1v) is 11.3. The molecule has 0 saturated heterocycles. The molecular weight excluding hydrogens is 494 g/mol. The highest BCUT2D eigenvalue weighted by atomic mass is 79.9. The van der Waals surface area contributed by atoms with E-state index in [1.165, 1.54) is 0 Å². The summed E-state index contributed by atoms with van der Waals surface area (Å²) in [5.74, 6) is 0.0860. The van der Waals surface area contributed by atoms with Gasteiger partial charge in [0.05, 0.1) is 5.71 Å². The van der Waals surface area contributed by atoms with E-state index in [9.17, 15) is 10.1 Å². The van der Waals surface area contributed by atoms with E-state index >= 15 is 0 Å². The topological polar surface area (TPSA) is 87.6 Å². The van der Waals surface area contributed by atoms with Crippen molar-refractivity contribution in [2.45, 2.75) is 6.92 Å². The van der Waals surface area contributed by atoms with Crippen molar-refractivity contribution >= 4 is 33.4 Å². The average molecular weight is 514 g/mol. The van der Waals surface area contributed by atoms with Crippen molar-refractivity contribution in [1.82, 2.24) is 0 Å². The molecule has 1 N–H and O–H groups in total. The molecule has 0 aliphatic rings. The summed E-state index contributed by atoms with van der Waals surface area (Å²) in [6.45, 7) is 1.46. The minimum atomic E-state index is -0.489. The number of anilines is 1. The second kappa shape index (κ2) is 10.6. The number of nitrogens with one attached hydrogen (secondary N) is 1. The minimum Gasteiger partial charge on any atom is -0.438 e. The largest absolute Gasteiger partial charge is 0.438 e. The Morgan fingerprint density at radius 1 is 1.00 bits per heavy atom. The third-order valence-corrected chi connectivity index (χ3v) is 5.56. The van der Waals surface area contributed by atoms with Gasteiger partial charge < -0.3 is 9.25 Å². The van der Waals surface area contributed by atoms with Crippen LogP contribution in [-0.2, 0) is 9.63 Å². The molecule has 0 unspecified atom stereocenters. The Morgan fingerprint density at radius 2 is 1.62 bits per heavy atom. The molecule has 0 saturated carbocycles. The van der Waals surface area contributed by atoms with Crippen LogP contribution in [-0.4, -0.2) is 18.2 Å². The molecule has 0 fully saturated rings. The van der Waals surface area contributed by atoms with Gasteiger partial charge >= 0.3 is 0 Å². The molecule has 168 valence electrons. The molecule has 0 atom stereocenters. The minimum absolute atomic E-state index is 0.0717. The highest BCUT2D eigenvalue weighted by molar-refractivity contribution is 9.10. The fourth-order valence-corrected chi connectivity index (χ4v) is 3.66. The van der Waals surface area contributed by atoms with Crippen LogP contribution in [0.2, 0.25) is 0 Å². The Morgan fingerprint density at radius 3 is 2.24 bits per heavy atom. The number of amides is 1. The molecule has 7 heteroatoms. The summed E-state index contributed by atoms with van der Waals surface area (Å²) in [4.78, 5) is 17.8. The molecule has 6 nitrogen and oxygen atoms in total. The summed E-state index contributed by atoms with van der Waals surface area (Å²) >= 11 is 3.39. The van der Waals surface area contributed by atoms with Gasteiger partial charge in [-0.25, -0.2) is 0 Å². The van der Waals surface area contributed by atoms with Gasteiger partial charge in [-0.1, -0.05) is 93.9 Å². The molecule has 1 amide bonds. The van der Waals surface area contributed by atoms with Crippen LogP contribution in [0.3, 0.4) is 0 Å². The summed E-state index contributed by atoms with van der Waals surface area (Å²) in [5, 5.41) is 16.6. The van der Waals surface area contributed by atoms with Crippen molar-refractivity contribution in [3.05, 3.63) is 101 Å². The van der Waals surface area contributed by atoms with Crippen molar-refractivity contribution in [3.8, 4) is 28.5 Å². The zero-order valence-corrected chi connectivity index (χ0v) is 19.9. The number of hydrogen-bond donors (Lipinski definition) is 1. The predicted molar refractivity (Wildman–Crippen MR) is 135 cm³/mol. The van der Waals surface area contributed by atoms with Crippen molar-refractivity contribution in [2.75, 3.05) is 11.9 Å². The molecule has 3 aromatic carbocycles. The third-order valence-electron chi connectivity index (χ3n) is 5.03. The van der Waals surface area contributed by atoms with Crippen LogP contribution in [0.5, 0.6) is 0 Å². The lowest BCUT2D eigenvalue weighted by molar-refractivity contribution is -0.120. The monoisotopic (exact) mass is 513 g/mol. The summed E-state index contributed by atoms with van der Waals surface area (Å²) in [6.07, 6.45) is 0. The first-order valence-electron chi connectivity index (χ1n) is 10.5. The standard InChI is InChI=1S/C27H20BrN3O3/c1-18(19-12-14-22(28)15-13-19)31-33-17-24(32)30-27-23(16-29)25(20-8-4-2-5-9-20)26(34-27)21-10-6-3-7-11-21/h2-15H,17H2,1H3,(H,30,32). The number of benzene rings is 3. The second-order valence-electron chi connectivity index (χ2n) is 7.36. The van der Waals surface area contributed by atoms with Gasteiger partial charge in [-0.05, 0) is 30.2 Å². The van der Waals surface area contributed by atoms with Gasteiger partial charge in [0.2, 0.25) is 5.88 Å². The van der Waals surface area contributed by atoms with Gasteiger partial charge in [-0.15, -0.1) is 0 Å². The molecule has 1 heterocycles. The van der Waals surface area contributed by atoms with E-state index in [1.807, 2.05) is 84.9 Å². The SMILES string of the molecule is CC(=NOCC(=O)Nc1oc(-c2ccccc2)c(-c2ccccc2)c1C#N)c1ccc(Br)cc1. The Labute approximate surface area is 205 Å². The van der Waals surface area contributed by atoms with E-state index in [4.69, 9.17) is 9.25 Å². The van der Waals surface area contributed by atoms with E-state index in [1.54, 1.807) is 6.92 Å². The number of halogens is 1. The molecule has 1 aromatic heterocycles. The molecular formula is C27H20BrN3O3. The molecule has 34 heavy (non-hydrogen) atoms. The van der Waals surface area contributed by atoms with Gasteiger partial charge in [0, 0.05) is 15.6 Å². The van der Waals surface area contributed by atoms with Crippen molar-refractivity contribution in [2.24, 2.45) is 5.16 Å². The lowest BCUT2D eigenvalue weighted by atomic mass is 9.98. The number of rotatable bonds is 7. The van der Waals surface area contributed by atoms with Crippen LogP contribution in [0.4, 0.5) is 5.88 Å². The fraction of sp³-hybridized carbons (Fsp3) is 0.0741. The fourth-order valence-electron chi connectivity index (χ4n) is 3.39. The first kappa shape index (κ1) is 23.0. The van der Waals surface area contributed by atoms with E-state index in [-0.39, 0.29) is 18.1 Å². The summed E-state index contributed by atoms with van der Waals surface area (Å²) in [6, 6.07) is 28.7. The summed E-state index contributed by atoms with van der Waals surface area (Å²) in [5.41, 5.74) is 3.98. The van der Waals surface area contributed by atoms with Crippen LogP contribution >= 0.6 is 15.9 Å². The van der Waals surface area contributed by atoms with Crippen molar-refractivity contribution in [1.29, 1.82) is 5.26 Å². The maximum atomic E-state index is 12.6. The number of nitriles is 1. The number of carbonyl (C=O) groups is 1. The maximum absolute atomic E-state index is 12.6. The average Bonchev–Trinajstić information content (AvgIpc) is 3.23. The van der Waals surface area contributed by atoms with Crippen LogP contribution in [0, 0.1) is 11.3 Å². The highest BCUT2D eigenvalue weighted by Crippen LogP contribution is 2.41. The Balaban J connectivity index is 1.56. The van der Waals surface area contributed by atoms with Crippen LogP contribution in [0.1, 0.15) is 18.1 Å². The molecule has 0 aliphatic heterocycles. The number of nitrogens with zero attached hydrogens (tertiary/aromatic N) is 2. The Hall–Kier alpha value is -4.15. The summed E-state index contributed by atoms with van der Waals surface area (Å²) in [7, 11) is 0. The Bertz CT molecular complexity index is 1360. The third kappa shape index (κ3) is 5.25. The number of carbonyl (C=O) groups excluding carboxylic acids is 1. The second-order valence-corrected chi connectivity index (χ2v) is 8.28. The number of hydrogen-bond acceptors (Lipinski definition) is 5. The predicted octanol–water partition coefficient (Wildman–Crippen LogP) is 6.63. The molecule has 4 aromatic rings. The van der Waals surface area contributed by atoms with Crippen LogP contribution < -0.4 is 5.32 Å². The van der Waals surface area contributed by atoms with E-state index in [0.717, 1.165) is 21.2 Å². The summed E-state index contributed by atoms with van der Waals surface area (Å²) < 4.78 is 6.96. The lowest BCUT2D eigenvalue weighted by Crippen LogP contribution is -2.17. The molecule has 0 aliphatic carbocycles. The highest BCUT2D eigenvalue weighted by Gasteiger charge is 2.24. The zero-order valence-electron chi connectivity index (χ0n) is 18.3. The number of furan rings is 1. The van der Waals surface area contributed by atoms with E-state index in [2.05, 4.69) is 32.5 Å². The van der Waals surface area contributed by atoms with E-state index in [0.29, 0.717) is 17.0 Å². The van der Waals surface area contributed by atoms with E-state index < -0.39 is 5.91 Å². The lowest BCUT2D eigenvalue weighted by Gasteiger charge is -2.04. The molecule has 0 spiro atoms. The quantitative estimate of drug-likeness (QED) is 0.222. The van der Waals surface area contributed by atoms with Gasteiger partial charge in [0.25, 0.3) is 5.91 Å². The van der Waals surface area contributed by atoms with Gasteiger partial charge in [0.15, 0.2) is 6.61 Å². The number of oxime groups is 1. The molecule has 0 bridgehead atoms. The molecule has 4 rings (SSSR count). The van der Waals surface area contributed by atoms with Crippen molar-refractivity contribution < 1.29 is 14.0 Å². The smallest absolute Gasteiger partial charge is 0.267 e.